The van der Waals surface area contributed by atoms with Crippen LogP contribution in [0.1, 0.15) is 0 Å². The number of fused-ring (bicyclic) bond motifs is 11. The second-order valence-electron chi connectivity index (χ2n) is 13.8. The highest BCUT2D eigenvalue weighted by Gasteiger charge is 2.25. The number of para-hydroxylation sites is 2. The minimum absolute atomic E-state index is 0.914. The first-order chi connectivity index (χ1) is 25.8. The molecule has 0 N–H and O–H groups in total. The molecule has 1 aliphatic rings. The standard InChI is InChI=1S/C48H28N4/c1-2-11-33(12-3-1)51-43-21-19-31(26-39(43)47-34-13-5-4-9-29(34)17-22-44(47)51)30-18-20-42-38(25-30)36-14-6-7-16-41(36)52(42)45-27-32-10-8-15-37-35-23-24-49-28-40(35)48(50-45)46(32)37/h1-28H. The lowest BCUT2D eigenvalue weighted by molar-refractivity contribution is 1.09. The minimum Gasteiger partial charge on any atom is -0.309 e. The van der Waals surface area contributed by atoms with Gasteiger partial charge in [-0.2, -0.15) is 0 Å². The van der Waals surface area contributed by atoms with Crippen molar-refractivity contribution >= 4 is 65.2 Å². The Kier molecular flexibility index (Phi) is 5.47. The van der Waals surface area contributed by atoms with Gasteiger partial charge in [0.1, 0.15) is 5.82 Å². The van der Waals surface area contributed by atoms with Crippen molar-refractivity contribution in [3.05, 3.63) is 170 Å². The van der Waals surface area contributed by atoms with Crippen LogP contribution in [-0.2, 0) is 0 Å². The first kappa shape index (κ1) is 27.7. The third kappa shape index (κ3) is 3.70. The van der Waals surface area contributed by atoms with Crippen LogP contribution in [0, 0.1) is 0 Å². The van der Waals surface area contributed by atoms with E-state index in [0.717, 1.165) is 33.8 Å². The van der Waals surface area contributed by atoms with Crippen LogP contribution in [0.5, 0.6) is 0 Å². The monoisotopic (exact) mass is 660 g/mol. The number of aromatic nitrogens is 4. The minimum atomic E-state index is 0.914. The number of hydrogen-bond acceptors (Lipinski definition) is 2. The highest BCUT2D eigenvalue weighted by atomic mass is 15.1. The Morgan fingerprint density at radius 3 is 2.00 bits per heavy atom. The van der Waals surface area contributed by atoms with Gasteiger partial charge in [-0.1, -0.05) is 97.1 Å². The third-order valence-corrected chi connectivity index (χ3v) is 11.1. The van der Waals surface area contributed by atoms with Gasteiger partial charge in [0.05, 0.1) is 27.8 Å². The third-order valence-electron chi connectivity index (χ3n) is 11.1. The number of nitrogens with zero attached hydrogens (tertiary/aromatic N) is 4. The Bertz CT molecular complexity index is 3290. The molecule has 4 heteroatoms. The molecule has 4 heterocycles. The van der Waals surface area contributed by atoms with Gasteiger partial charge in [0.15, 0.2) is 0 Å². The lowest BCUT2D eigenvalue weighted by atomic mass is 9.99. The number of hydrogen-bond donors (Lipinski definition) is 0. The van der Waals surface area contributed by atoms with Crippen LogP contribution in [0.4, 0.5) is 0 Å². The summed E-state index contributed by atoms with van der Waals surface area (Å²) >= 11 is 0. The van der Waals surface area contributed by atoms with Crippen molar-refractivity contribution in [1.29, 1.82) is 0 Å². The maximum atomic E-state index is 5.37. The summed E-state index contributed by atoms with van der Waals surface area (Å²) in [7, 11) is 0. The average Bonchev–Trinajstić information content (AvgIpc) is 3.84. The summed E-state index contributed by atoms with van der Waals surface area (Å²) in [6.45, 7) is 0. The summed E-state index contributed by atoms with van der Waals surface area (Å²) in [5.74, 6) is 0.914. The predicted octanol–water partition coefficient (Wildman–Crippen LogP) is 12.3. The molecule has 1 aliphatic carbocycles. The zero-order valence-corrected chi connectivity index (χ0v) is 28.0. The Morgan fingerprint density at radius 1 is 0.404 bits per heavy atom. The number of rotatable bonds is 3. The van der Waals surface area contributed by atoms with E-state index in [1.807, 2.05) is 12.4 Å². The molecule has 0 fully saturated rings. The summed E-state index contributed by atoms with van der Waals surface area (Å²) in [6.07, 6.45) is 3.83. The fourth-order valence-corrected chi connectivity index (χ4v) is 8.87. The Hall–Kier alpha value is -7.04. The van der Waals surface area contributed by atoms with Crippen molar-refractivity contribution in [2.24, 2.45) is 0 Å². The van der Waals surface area contributed by atoms with Crippen LogP contribution in [0.3, 0.4) is 0 Å². The molecule has 0 bridgehead atoms. The number of pyridine rings is 2. The zero-order chi connectivity index (χ0) is 33.9. The number of benzene rings is 7. The SMILES string of the molecule is c1ccc(-n2c3ccc(-c4ccc5c(c4)c4ccccc4n5-c4cc5cccc6c5c(n4)-c4cnccc4-6)cc3c3c4ccccc4ccc32)cc1. The molecular weight excluding hydrogens is 633 g/mol. The van der Waals surface area contributed by atoms with E-state index in [9.17, 15) is 0 Å². The van der Waals surface area contributed by atoms with E-state index in [0.29, 0.717) is 0 Å². The van der Waals surface area contributed by atoms with E-state index in [4.69, 9.17) is 4.98 Å². The Balaban J connectivity index is 1.09. The van der Waals surface area contributed by atoms with Gasteiger partial charge in [0.2, 0.25) is 0 Å². The second kappa shape index (κ2) is 10.3. The largest absolute Gasteiger partial charge is 0.309 e. The van der Waals surface area contributed by atoms with Crippen molar-refractivity contribution in [3.63, 3.8) is 0 Å². The predicted molar refractivity (Wildman–Crippen MR) is 216 cm³/mol. The molecule has 0 unspecified atom stereocenters. The van der Waals surface area contributed by atoms with Gasteiger partial charge in [0.25, 0.3) is 0 Å². The molecule has 0 radical (unpaired) electrons. The highest BCUT2D eigenvalue weighted by molar-refractivity contribution is 6.22. The lowest BCUT2D eigenvalue weighted by Gasteiger charge is -2.11. The molecule has 0 saturated carbocycles. The fourth-order valence-electron chi connectivity index (χ4n) is 8.87. The lowest BCUT2D eigenvalue weighted by Crippen LogP contribution is -1.99. The van der Waals surface area contributed by atoms with Gasteiger partial charge in [-0.25, -0.2) is 4.98 Å². The highest BCUT2D eigenvalue weighted by Crippen LogP contribution is 2.47. The van der Waals surface area contributed by atoms with Crippen molar-refractivity contribution in [2.75, 3.05) is 0 Å². The summed E-state index contributed by atoms with van der Waals surface area (Å²) in [4.78, 5) is 9.85. The van der Waals surface area contributed by atoms with Crippen molar-refractivity contribution in [1.82, 2.24) is 19.1 Å². The van der Waals surface area contributed by atoms with Crippen LogP contribution < -0.4 is 0 Å². The smallest absolute Gasteiger partial charge is 0.138 e. The summed E-state index contributed by atoms with van der Waals surface area (Å²) in [5, 5.41) is 9.86. The Morgan fingerprint density at radius 2 is 1.12 bits per heavy atom. The molecule has 0 atom stereocenters. The first-order valence-electron chi connectivity index (χ1n) is 17.7. The topological polar surface area (TPSA) is 35.6 Å². The summed E-state index contributed by atoms with van der Waals surface area (Å²) in [6, 6.07) is 57.4. The van der Waals surface area contributed by atoms with Gasteiger partial charge in [0, 0.05) is 50.6 Å². The van der Waals surface area contributed by atoms with Crippen LogP contribution >= 0.6 is 0 Å². The second-order valence-corrected chi connectivity index (χ2v) is 13.8. The van der Waals surface area contributed by atoms with Crippen molar-refractivity contribution in [3.8, 4) is 45.0 Å². The molecule has 12 rings (SSSR count). The van der Waals surface area contributed by atoms with Crippen LogP contribution in [0.15, 0.2) is 170 Å². The van der Waals surface area contributed by atoms with Gasteiger partial charge >= 0.3 is 0 Å². The van der Waals surface area contributed by atoms with Crippen molar-refractivity contribution in [2.45, 2.75) is 0 Å². The molecule has 4 nitrogen and oxygen atoms in total. The van der Waals surface area contributed by atoms with Crippen LogP contribution in [0.25, 0.3) is 110 Å². The first-order valence-corrected chi connectivity index (χ1v) is 17.7. The molecule has 240 valence electrons. The van der Waals surface area contributed by atoms with E-state index in [2.05, 4.69) is 172 Å². The summed E-state index contributed by atoms with van der Waals surface area (Å²) < 4.78 is 4.73. The van der Waals surface area contributed by atoms with Gasteiger partial charge in [-0.15, -0.1) is 0 Å². The normalized spacial score (nSPS) is 12.2. The van der Waals surface area contributed by atoms with Crippen LogP contribution in [0.2, 0.25) is 0 Å². The molecule has 52 heavy (non-hydrogen) atoms. The van der Waals surface area contributed by atoms with Gasteiger partial charge < -0.3 is 4.57 Å². The quantitative estimate of drug-likeness (QED) is 0.189. The van der Waals surface area contributed by atoms with E-state index in [1.165, 1.54) is 76.4 Å². The van der Waals surface area contributed by atoms with Gasteiger partial charge in [-0.3, -0.25) is 9.55 Å². The molecular formula is C48H28N4. The van der Waals surface area contributed by atoms with E-state index in [-0.39, 0.29) is 0 Å². The molecule has 0 amide bonds. The maximum Gasteiger partial charge on any atom is 0.138 e. The van der Waals surface area contributed by atoms with Crippen molar-refractivity contribution < 1.29 is 0 Å². The maximum absolute atomic E-state index is 5.37. The molecule has 0 aliphatic heterocycles. The van der Waals surface area contributed by atoms with Gasteiger partial charge in [-0.05, 0) is 99.1 Å². The van der Waals surface area contributed by atoms with Crippen LogP contribution in [-0.4, -0.2) is 19.1 Å². The van der Waals surface area contributed by atoms with E-state index in [1.54, 1.807) is 0 Å². The van der Waals surface area contributed by atoms with E-state index < -0.39 is 0 Å². The average molecular weight is 661 g/mol. The molecule has 4 aromatic heterocycles. The Labute approximate surface area is 298 Å². The molecule has 11 aromatic rings. The zero-order valence-electron chi connectivity index (χ0n) is 28.0. The van der Waals surface area contributed by atoms with E-state index >= 15 is 0 Å². The molecule has 0 saturated heterocycles. The molecule has 7 aromatic carbocycles. The fraction of sp³-hybridized carbons (Fsp3) is 0. The molecule has 0 spiro atoms. The summed E-state index contributed by atoms with van der Waals surface area (Å²) in [5.41, 5.74) is 12.8.